The molecule has 0 fully saturated rings. The zero-order valence-corrected chi connectivity index (χ0v) is 11.4. The molecule has 2 N–H and O–H groups in total. The third-order valence-corrected chi connectivity index (χ3v) is 3.50. The summed E-state index contributed by atoms with van der Waals surface area (Å²) in [6.07, 6.45) is -0.581. The fourth-order valence-electron chi connectivity index (χ4n) is 2.63. The second-order valence-electron chi connectivity index (χ2n) is 5.00. The van der Waals surface area contributed by atoms with Crippen molar-refractivity contribution in [1.82, 2.24) is 0 Å². The Hall–Kier alpha value is -2.13. The molecule has 0 amide bonds. The maximum absolute atomic E-state index is 12.0. The quantitative estimate of drug-likeness (QED) is 0.878. The number of rotatable bonds is 5. The normalized spacial score (nSPS) is 12.9. The van der Waals surface area contributed by atoms with Crippen molar-refractivity contribution in [3.63, 3.8) is 0 Å². The van der Waals surface area contributed by atoms with Crippen LogP contribution in [0.4, 0.5) is 0 Å². The molecule has 0 aliphatic rings. The maximum Gasteiger partial charge on any atom is 0.318 e. The first-order valence-corrected chi connectivity index (χ1v) is 6.60. The van der Waals surface area contributed by atoms with Gasteiger partial charge in [0, 0.05) is 0 Å². The van der Waals surface area contributed by atoms with E-state index in [0.717, 1.165) is 0 Å². The molecule has 2 rings (SSSR count). The zero-order valence-electron chi connectivity index (χ0n) is 11.4. The number of carboxylic acids is 1. The van der Waals surface area contributed by atoms with Gasteiger partial charge >= 0.3 is 5.97 Å². The van der Waals surface area contributed by atoms with E-state index < -0.39 is 17.5 Å². The summed E-state index contributed by atoms with van der Waals surface area (Å²) in [5, 5.41) is 19.7. The van der Waals surface area contributed by atoms with Crippen LogP contribution in [-0.2, 0) is 10.2 Å². The molecular weight excluding hydrogens is 252 g/mol. The molecule has 0 bridgehead atoms. The molecule has 20 heavy (non-hydrogen) atoms. The number of aliphatic hydroxyl groups excluding tert-OH is 1. The van der Waals surface area contributed by atoms with Gasteiger partial charge in [-0.05, 0) is 24.5 Å². The molecule has 0 heterocycles. The van der Waals surface area contributed by atoms with Crippen LogP contribution in [0.5, 0.6) is 0 Å². The second-order valence-corrected chi connectivity index (χ2v) is 5.00. The fraction of sp³-hybridized carbons (Fsp3) is 0.235. The van der Waals surface area contributed by atoms with Gasteiger partial charge in [-0.3, -0.25) is 4.79 Å². The summed E-state index contributed by atoms with van der Waals surface area (Å²) < 4.78 is 0. The molecule has 2 aromatic rings. The number of benzene rings is 2. The third kappa shape index (κ3) is 2.58. The molecule has 1 unspecified atom stereocenters. The minimum Gasteiger partial charge on any atom is -0.480 e. The molecule has 0 saturated carbocycles. The SMILES string of the molecule is CC(O)CC(C(=O)O)(c1ccccc1)c1ccccc1. The highest BCUT2D eigenvalue weighted by molar-refractivity contribution is 5.86. The lowest BCUT2D eigenvalue weighted by molar-refractivity contribution is -0.143. The van der Waals surface area contributed by atoms with E-state index >= 15 is 0 Å². The van der Waals surface area contributed by atoms with E-state index in [2.05, 4.69) is 0 Å². The van der Waals surface area contributed by atoms with E-state index in [1.54, 1.807) is 31.2 Å². The predicted molar refractivity (Wildman–Crippen MR) is 77.6 cm³/mol. The topological polar surface area (TPSA) is 57.5 Å². The standard InChI is InChI=1S/C17H18O3/c1-13(18)12-17(16(19)20,14-8-4-2-5-9-14)15-10-6-3-7-11-15/h2-11,13,18H,12H2,1H3,(H,19,20). The minimum atomic E-state index is -1.23. The van der Waals surface area contributed by atoms with Crippen LogP contribution in [0.1, 0.15) is 24.5 Å². The molecule has 3 heteroatoms. The Morgan fingerprint density at radius 2 is 1.40 bits per heavy atom. The number of carboxylic acid groups (broad SMARTS) is 1. The van der Waals surface area contributed by atoms with Gasteiger partial charge in [-0.1, -0.05) is 60.7 Å². The van der Waals surface area contributed by atoms with Crippen LogP contribution in [0.2, 0.25) is 0 Å². The average Bonchev–Trinajstić information content (AvgIpc) is 2.46. The lowest BCUT2D eigenvalue weighted by Crippen LogP contribution is -2.39. The van der Waals surface area contributed by atoms with Crippen molar-refractivity contribution < 1.29 is 15.0 Å². The van der Waals surface area contributed by atoms with E-state index in [0.29, 0.717) is 11.1 Å². The summed E-state index contributed by atoms with van der Waals surface area (Å²) in [4.78, 5) is 12.0. The maximum atomic E-state index is 12.0. The third-order valence-electron chi connectivity index (χ3n) is 3.50. The predicted octanol–water partition coefficient (Wildman–Crippen LogP) is 2.83. The molecule has 0 radical (unpaired) electrons. The van der Waals surface area contributed by atoms with Crippen LogP contribution in [0.15, 0.2) is 60.7 Å². The molecule has 0 aliphatic heterocycles. The highest BCUT2D eigenvalue weighted by atomic mass is 16.4. The summed E-state index contributed by atoms with van der Waals surface area (Å²) in [6, 6.07) is 18.2. The summed E-state index contributed by atoms with van der Waals surface area (Å²) >= 11 is 0. The molecule has 104 valence electrons. The van der Waals surface area contributed by atoms with E-state index in [4.69, 9.17) is 0 Å². The van der Waals surface area contributed by atoms with Crippen LogP contribution in [0.3, 0.4) is 0 Å². The Labute approximate surface area is 118 Å². The van der Waals surface area contributed by atoms with Crippen LogP contribution in [0.25, 0.3) is 0 Å². The Balaban J connectivity index is 2.66. The van der Waals surface area contributed by atoms with Crippen LogP contribution >= 0.6 is 0 Å². The molecular formula is C17H18O3. The van der Waals surface area contributed by atoms with Crippen molar-refractivity contribution in [2.45, 2.75) is 24.9 Å². The van der Waals surface area contributed by atoms with Crippen LogP contribution < -0.4 is 0 Å². The zero-order chi connectivity index (χ0) is 14.6. The highest BCUT2D eigenvalue weighted by Gasteiger charge is 2.42. The van der Waals surface area contributed by atoms with Crippen molar-refractivity contribution in [3.05, 3.63) is 71.8 Å². The first-order chi connectivity index (χ1) is 9.57. The van der Waals surface area contributed by atoms with Crippen molar-refractivity contribution in [2.24, 2.45) is 0 Å². The Bertz CT molecular complexity index is 522. The van der Waals surface area contributed by atoms with Crippen molar-refractivity contribution >= 4 is 5.97 Å². The van der Waals surface area contributed by atoms with Gasteiger partial charge in [0.1, 0.15) is 5.41 Å². The Kier molecular flexibility index (Phi) is 4.20. The van der Waals surface area contributed by atoms with Gasteiger partial charge in [0.15, 0.2) is 0 Å². The lowest BCUT2D eigenvalue weighted by atomic mass is 9.71. The Morgan fingerprint density at radius 3 is 1.70 bits per heavy atom. The second kappa shape index (κ2) is 5.88. The summed E-state index contributed by atoms with van der Waals surface area (Å²) in [5.74, 6) is -0.948. The Morgan fingerprint density at radius 1 is 1.00 bits per heavy atom. The van der Waals surface area contributed by atoms with Crippen molar-refractivity contribution in [1.29, 1.82) is 0 Å². The van der Waals surface area contributed by atoms with Crippen LogP contribution in [-0.4, -0.2) is 22.3 Å². The monoisotopic (exact) mass is 270 g/mol. The number of hydrogen-bond donors (Lipinski definition) is 2. The molecule has 0 aromatic heterocycles. The number of hydrogen-bond acceptors (Lipinski definition) is 2. The first kappa shape index (κ1) is 14.3. The minimum absolute atomic E-state index is 0.135. The fourth-order valence-corrected chi connectivity index (χ4v) is 2.63. The molecule has 3 nitrogen and oxygen atoms in total. The molecule has 0 spiro atoms. The van der Waals surface area contributed by atoms with Crippen molar-refractivity contribution in [3.8, 4) is 0 Å². The van der Waals surface area contributed by atoms with Gasteiger partial charge in [0.25, 0.3) is 0 Å². The van der Waals surface area contributed by atoms with E-state index in [-0.39, 0.29) is 6.42 Å². The van der Waals surface area contributed by atoms with Gasteiger partial charge in [-0.25, -0.2) is 0 Å². The first-order valence-electron chi connectivity index (χ1n) is 6.60. The molecule has 0 saturated heterocycles. The number of aliphatic carboxylic acids is 1. The van der Waals surface area contributed by atoms with Gasteiger partial charge in [0.2, 0.25) is 0 Å². The summed E-state index contributed by atoms with van der Waals surface area (Å²) in [5.41, 5.74) is 0.135. The summed E-state index contributed by atoms with van der Waals surface area (Å²) in [7, 11) is 0. The smallest absolute Gasteiger partial charge is 0.318 e. The molecule has 0 aliphatic carbocycles. The molecule has 2 aromatic carbocycles. The van der Waals surface area contributed by atoms with Gasteiger partial charge in [0.05, 0.1) is 6.10 Å². The van der Waals surface area contributed by atoms with Gasteiger partial charge < -0.3 is 10.2 Å². The van der Waals surface area contributed by atoms with E-state index in [1.807, 2.05) is 36.4 Å². The summed E-state index contributed by atoms with van der Waals surface area (Å²) in [6.45, 7) is 1.61. The molecule has 1 atom stereocenters. The van der Waals surface area contributed by atoms with Gasteiger partial charge in [-0.15, -0.1) is 0 Å². The number of carbonyl (C=O) groups is 1. The van der Waals surface area contributed by atoms with E-state index in [1.165, 1.54) is 0 Å². The highest BCUT2D eigenvalue weighted by Crippen LogP contribution is 2.37. The van der Waals surface area contributed by atoms with E-state index in [9.17, 15) is 15.0 Å². The largest absolute Gasteiger partial charge is 0.480 e. The van der Waals surface area contributed by atoms with Gasteiger partial charge in [-0.2, -0.15) is 0 Å². The van der Waals surface area contributed by atoms with Crippen LogP contribution in [0, 0.1) is 0 Å². The lowest BCUT2D eigenvalue weighted by Gasteiger charge is -2.31. The average molecular weight is 270 g/mol. The van der Waals surface area contributed by atoms with Crippen molar-refractivity contribution in [2.75, 3.05) is 0 Å². The number of aliphatic hydroxyl groups is 1.